The number of nitrogens with one attached hydrogen (secondary N) is 1. The molecule has 1 aromatic heterocycles. The summed E-state index contributed by atoms with van der Waals surface area (Å²) in [6.45, 7) is 1.56. The van der Waals surface area contributed by atoms with Crippen LogP contribution in [0.25, 0.3) is 16.6 Å². The van der Waals surface area contributed by atoms with E-state index >= 15 is 0 Å². The molecular weight excluding hydrogens is 342 g/mol. The van der Waals surface area contributed by atoms with Gasteiger partial charge in [0.25, 0.3) is 0 Å². The molecule has 0 bridgehead atoms. The number of esters is 1. The van der Waals surface area contributed by atoms with Crippen molar-refractivity contribution in [3.05, 3.63) is 71.7 Å². The fraction of sp³-hybridized carbons (Fsp3) is 0.190. The number of aliphatic hydroxyl groups is 1. The molecule has 0 aliphatic carbocycles. The van der Waals surface area contributed by atoms with Gasteiger partial charge in [0.15, 0.2) is 11.6 Å². The van der Waals surface area contributed by atoms with E-state index in [9.17, 15) is 15.2 Å². The van der Waals surface area contributed by atoms with Crippen LogP contribution in [0.15, 0.2) is 60.4 Å². The smallest absolute Gasteiger partial charge is 0.306 e. The Hall–Kier alpha value is -3.59. The van der Waals surface area contributed by atoms with Gasteiger partial charge in [0.05, 0.1) is 17.5 Å². The molecule has 0 aliphatic rings. The molecule has 2 N–H and O–H groups in total. The van der Waals surface area contributed by atoms with Crippen molar-refractivity contribution in [3.63, 3.8) is 0 Å². The Morgan fingerprint density at radius 3 is 2.63 bits per heavy atom. The second-order valence-corrected chi connectivity index (χ2v) is 6.21. The lowest BCUT2D eigenvalue weighted by Gasteiger charge is -2.11. The van der Waals surface area contributed by atoms with Crippen molar-refractivity contribution in [2.45, 2.75) is 19.3 Å². The van der Waals surface area contributed by atoms with Gasteiger partial charge in [-0.15, -0.1) is 0 Å². The van der Waals surface area contributed by atoms with Crippen LogP contribution in [0, 0.1) is 11.3 Å². The summed E-state index contributed by atoms with van der Waals surface area (Å²) in [6, 6.07) is 18.9. The molecular formula is C21H19N3O3. The third kappa shape index (κ3) is 4.33. The quantitative estimate of drug-likeness (QED) is 0.391. The first-order valence-corrected chi connectivity index (χ1v) is 8.56. The van der Waals surface area contributed by atoms with Gasteiger partial charge < -0.3 is 14.8 Å². The maximum Gasteiger partial charge on any atom is 0.306 e. The van der Waals surface area contributed by atoms with Gasteiger partial charge in [-0.1, -0.05) is 49.4 Å². The van der Waals surface area contributed by atoms with E-state index in [0.29, 0.717) is 5.52 Å². The number of fused-ring (bicyclic) bond motifs is 1. The number of benzene rings is 2. The fourth-order valence-electron chi connectivity index (χ4n) is 2.75. The summed E-state index contributed by atoms with van der Waals surface area (Å²) in [5.74, 6) is -0.544. The van der Waals surface area contributed by atoms with Crippen molar-refractivity contribution in [2.24, 2.45) is 0 Å². The highest BCUT2D eigenvalue weighted by Gasteiger charge is 2.16. The summed E-state index contributed by atoms with van der Waals surface area (Å²) in [6.07, 6.45) is 0.184. The number of hydrogen-bond donors (Lipinski definition) is 2. The highest BCUT2D eigenvalue weighted by atomic mass is 16.5. The number of nitrogens with zero attached hydrogens (tertiary/aromatic N) is 2. The molecule has 0 radical (unpaired) electrons. The zero-order valence-corrected chi connectivity index (χ0v) is 14.8. The van der Waals surface area contributed by atoms with Gasteiger partial charge in [0.1, 0.15) is 18.2 Å². The summed E-state index contributed by atoms with van der Waals surface area (Å²) in [7, 11) is 0. The molecule has 0 unspecified atom stereocenters. The average Bonchev–Trinajstić information content (AvgIpc) is 3.11. The van der Waals surface area contributed by atoms with E-state index in [1.54, 1.807) is 6.07 Å². The second-order valence-electron chi connectivity index (χ2n) is 6.21. The lowest BCUT2D eigenvalue weighted by Crippen LogP contribution is -2.11. The predicted molar refractivity (Wildman–Crippen MR) is 102 cm³/mol. The number of hydrogen-bond acceptors (Lipinski definition) is 5. The van der Waals surface area contributed by atoms with E-state index in [1.807, 2.05) is 61.5 Å². The van der Waals surface area contributed by atoms with E-state index in [2.05, 4.69) is 9.97 Å². The average molecular weight is 361 g/mol. The SMILES string of the molecule is C[C@@H](CC(=O)OC/C(O)=C(\C#N)c1nc2ccccc2[nH]1)c1ccccc1. The van der Waals surface area contributed by atoms with E-state index in [0.717, 1.165) is 11.1 Å². The zero-order valence-electron chi connectivity index (χ0n) is 14.8. The highest BCUT2D eigenvalue weighted by Crippen LogP contribution is 2.21. The highest BCUT2D eigenvalue weighted by molar-refractivity contribution is 5.83. The number of carbonyl (C=O) groups excluding carboxylic acids is 1. The minimum absolute atomic E-state index is 0.00404. The number of H-pyrrole nitrogens is 1. The van der Waals surface area contributed by atoms with Crippen LogP contribution in [0.1, 0.15) is 30.7 Å². The molecule has 0 aliphatic heterocycles. The van der Waals surface area contributed by atoms with E-state index in [1.165, 1.54) is 0 Å². The fourth-order valence-corrected chi connectivity index (χ4v) is 2.75. The first kappa shape index (κ1) is 18.2. The second kappa shape index (κ2) is 8.19. The third-order valence-corrected chi connectivity index (χ3v) is 4.24. The summed E-state index contributed by atoms with van der Waals surface area (Å²) in [5, 5.41) is 19.6. The number of para-hydroxylation sites is 2. The van der Waals surface area contributed by atoms with Crippen molar-refractivity contribution >= 4 is 22.6 Å². The van der Waals surface area contributed by atoms with E-state index in [-0.39, 0.29) is 36.1 Å². The number of imidazole rings is 1. The van der Waals surface area contributed by atoms with Gasteiger partial charge in [-0.2, -0.15) is 5.26 Å². The monoisotopic (exact) mass is 361 g/mol. The molecule has 3 rings (SSSR count). The van der Waals surface area contributed by atoms with Gasteiger partial charge in [-0.3, -0.25) is 4.79 Å². The number of aromatic amines is 1. The van der Waals surface area contributed by atoms with Crippen LogP contribution < -0.4 is 0 Å². The Morgan fingerprint density at radius 1 is 1.22 bits per heavy atom. The minimum Gasteiger partial charge on any atom is -0.507 e. The lowest BCUT2D eigenvalue weighted by atomic mass is 9.98. The van der Waals surface area contributed by atoms with Crippen LogP contribution in [0.5, 0.6) is 0 Å². The largest absolute Gasteiger partial charge is 0.507 e. The van der Waals surface area contributed by atoms with Gasteiger partial charge in [-0.25, -0.2) is 4.98 Å². The molecule has 0 saturated heterocycles. The standard InChI is InChI=1S/C21H19N3O3/c1-14(15-7-3-2-4-8-15)11-20(26)27-13-19(25)16(12-22)21-23-17-9-5-6-10-18(17)24-21/h2-10,14,25H,11,13H2,1H3,(H,23,24)/b19-16-/t14-/m0/s1. The summed E-state index contributed by atoms with van der Waals surface area (Å²) < 4.78 is 5.13. The van der Waals surface area contributed by atoms with Crippen LogP contribution in [-0.4, -0.2) is 27.7 Å². The number of aromatic nitrogens is 2. The number of aliphatic hydroxyl groups excluding tert-OH is 1. The minimum atomic E-state index is -0.445. The number of ether oxygens (including phenoxy) is 1. The van der Waals surface area contributed by atoms with Gasteiger partial charge in [0, 0.05) is 0 Å². The van der Waals surface area contributed by atoms with Crippen molar-refractivity contribution in [2.75, 3.05) is 6.61 Å². The summed E-state index contributed by atoms with van der Waals surface area (Å²) >= 11 is 0. The molecule has 0 fully saturated rings. The maximum atomic E-state index is 12.1. The van der Waals surface area contributed by atoms with Crippen molar-refractivity contribution in [3.8, 4) is 6.07 Å². The van der Waals surface area contributed by atoms with Crippen LogP contribution >= 0.6 is 0 Å². The van der Waals surface area contributed by atoms with Crippen LogP contribution in [0.3, 0.4) is 0 Å². The number of rotatable bonds is 6. The molecule has 6 heteroatoms. The van der Waals surface area contributed by atoms with Crippen molar-refractivity contribution in [1.82, 2.24) is 9.97 Å². The first-order valence-electron chi connectivity index (χ1n) is 8.56. The topological polar surface area (TPSA) is 99.0 Å². The van der Waals surface area contributed by atoms with Crippen LogP contribution in [-0.2, 0) is 9.53 Å². The first-order chi connectivity index (χ1) is 13.1. The Morgan fingerprint density at radius 2 is 1.93 bits per heavy atom. The Balaban J connectivity index is 1.66. The molecule has 0 amide bonds. The molecule has 1 atom stereocenters. The molecule has 136 valence electrons. The normalized spacial score (nSPS) is 12.9. The Kier molecular flexibility index (Phi) is 5.53. The Bertz CT molecular complexity index is 983. The van der Waals surface area contributed by atoms with Gasteiger partial charge in [0.2, 0.25) is 0 Å². The predicted octanol–water partition coefficient (Wildman–Crippen LogP) is 4.09. The van der Waals surface area contributed by atoms with Crippen molar-refractivity contribution in [1.29, 1.82) is 5.26 Å². The molecule has 6 nitrogen and oxygen atoms in total. The molecule has 2 aromatic carbocycles. The van der Waals surface area contributed by atoms with E-state index < -0.39 is 5.97 Å². The van der Waals surface area contributed by atoms with Crippen LogP contribution in [0.2, 0.25) is 0 Å². The van der Waals surface area contributed by atoms with Crippen LogP contribution in [0.4, 0.5) is 0 Å². The zero-order chi connectivity index (χ0) is 19.2. The summed E-state index contributed by atoms with van der Waals surface area (Å²) in [4.78, 5) is 19.3. The van der Waals surface area contributed by atoms with Gasteiger partial charge in [-0.05, 0) is 23.6 Å². The molecule has 0 spiro atoms. The molecule has 27 heavy (non-hydrogen) atoms. The summed E-state index contributed by atoms with van der Waals surface area (Å²) in [5.41, 5.74) is 2.42. The van der Waals surface area contributed by atoms with Crippen molar-refractivity contribution < 1.29 is 14.6 Å². The van der Waals surface area contributed by atoms with Gasteiger partial charge >= 0.3 is 5.97 Å². The van der Waals surface area contributed by atoms with E-state index in [4.69, 9.17) is 4.74 Å². The number of nitriles is 1. The third-order valence-electron chi connectivity index (χ3n) is 4.24. The molecule has 1 heterocycles. The lowest BCUT2D eigenvalue weighted by molar-refractivity contribution is -0.143. The molecule has 3 aromatic rings. The maximum absolute atomic E-state index is 12.1. The number of carbonyl (C=O) groups is 1. The molecule has 0 saturated carbocycles. The number of allylic oxidation sites excluding steroid dienone is 1. The Labute approximate surface area is 156 Å².